The lowest BCUT2D eigenvalue weighted by Crippen LogP contribution is -1.95. The van der Waals surface area contributed by atoms with Gasteiger partial charge in [-0.05, 0) is 90.1 Å². The van der Waals surface area contributed by atoms with Gasteiger partial charge in [-0.3, -0.25) is 0 Å². The predicted molar refractivity (Wildman–Crippen MR) is 126 cm³/mol. The monoisotopic (exact) mass is 370 g/mol. The summed E-state index contributed by atoms with van der Waals surface area (Å²) in [6, 6.07) is 18.3. The molecule has 146 valence electrons. The molecule has 0 aromatic heterocycles. The zero-order chi connectivity index (χ0) is 19.6. The van der Waals surface area contributed by atoms with E-state index >= 15 is 0 Å². The average Bonchev–Trinajstić information content (AvgIpc) is 2.73. The number of fused-ring (bicyclic) bond motifs is 2. The molecule has 0 unspecified atom stereocenters. The van der Waals surface area contributed by atoms with Gasteiger partial charge >= 0.3 is 0 Å². The highest BCUT2D eigenvalue weighted by Crippen LogP contribution is 2.32. The van der Waals surface area contributed by atoms with Gasteiger partial charge in [-0.2, -0.15) is 0 Å². The Labute approximate surface area is 171 Å². The van der Waals surface area contributed by atoms with Gasteiger partial charge in [0.15, 0.2) is 0 Å². The summed E-state index contributed by atoms with van der Waals surface area (Å²) < 4.78 is 0. The number of hydrogen-bond acceptors (Lipinski definition) is 0. The lowest BCUT2D eigenvalue weighted by molar-refractivity contribution is 0.688. The van der Waals surface area contributed by atoms with E-state index in [1.165, 1.54) is 72.1 Å². The van der Waals surface area contributed by atoms with Crippen molar-refractivity contribution in [3.63, 3.8) is 0 Å². The standard InChI is InChI=1S/C28H34/c1-3-5-7-9-11-16-23-18-15-21-27-26(20-12-10-8-6-4-2)25-19-14-13-17-24(25)22-28(23)27/h3-4,13-15,17-19,21-22H,1-2,5-12,16,20H2. The Morgan fingerprint density at radius 1 is 0.607 bits per heavy atom. The molecule has 0 amide bonds. The molecule has 0 aliphatic rings. The summed E-state index contributed by atoms with van der Waals surface area (Å²) in [6.45, 7) is 7.68. The van der Waals surface area contributed by atoms with Crippen LogP contribution in [-0.4, -0.2) is 0 Å². The Hall–Kier alpha value is -2.34. The second-order valence-corrected chi connectivity index (χ2v) is 7.86. The molecule has 3 aromatic carbocycles. The third kappa shape index (κ3) is 5.13. The van der Waals surface area contributed by atoms with Crippen LogP contribution < -0.4 is 0 Å². The lowest BCUT2D eigenvalue weighted by Gasteiger charge is -2.14. The fraction of sp³-hybridized carbons (Fsp3) is 0.357. The molecule has 0 N–H and O–H groups in total. The summed E-state index contributed by atoms with van der Waals surface area (Å²) in [5.41, 5.74) is 3.05. The van der Waals surface area contributed by atoms with Gasteiger partial charge in [-0.15, -0.1) is 13.2 Å². The van der Waals surface area contributed by atoms with Crippen molar-refractivity contribution in [3.05, 3.63) is 85.0 Å². The highest BCUT2D eigenvalue weighted by molar-refractivity contribution is 6.03. The fourth-order valence-corrected chi connectivity index (χ4v) is 4.28. The van der Waals surface area contributed by atoms with Gasteiger partial charge in [0.2, 0.25) is 0 Å². The number of aryl methyl sites for hydroxylation is 2. The molecule has 0 saturated heterocycles. The SMILES string of the molecule is C=CCCCCCc1cccc2c(CCCCCC=C)c3ccccc3cc12. The van der Waals surface area contributed by atoms with Gasteiger partial charge in [-0.1, -0.05) is 67.5 Å². The van der Waals surface area contributed by atoms with Crippen LogP contribution >= 0.6 is 0 Å². The maximum atomic E-state index is 3.84. The molecule has 28 heavy (non-hydrogen) atoms. The van der Waals surface area contributed by atoms with Crippen LogP contribution in [0.1, 0.15) is 62.5 Å². The molecular formula is C28H34. The summed E-state index contributed by atoms with van der Waals surface area (Å²) in [5, 5.41) is 5.74. The molecule has 0 spiro atoms. The first kappa shape index (κ1) is 20.4. The van der Waals surface area contributed by atoms with Crippen LogP contribution in [0.3, 0.4) is 0 Å². The van der Waals surface area contributed by atoms with Crippen molar-refractivity contribution < 1.29 is 0 Å². The van der Waals surface area contributed by atoms with Gasteiger partial charge in [0, 0.05) is 0 Å². The van der Waals surface area contributed by atoms with E-state index in [0.29, 0.717) is 0 Å². The highest BCUT2D eigenvalue weighted by Gasteiger charge is 2.10. The quantitative estimate of drug-likeness (QED) is 0.170. The van der Waals surface area contributed by atoms with Crippen molar-refractivity contribution in [2.24, 2.45) is 0 Å². The van der Waals surface area contributed by atoms with E-state index in [4.69, 9.17) is 0 Å². The number of rotatable bonds is 12. The molecular weight excluding hydrogens is 336 g/mol. The Bertz CT molecular complexity index is 916. The molecule has 0 aliphatic carbocycles. The van der Waals surface area contributed by atoms with Crippen LogP contribution in [0.25, 0.3) is 21.5 Å². The van der Waals surface area contributed by atoms with Gasteiger partial charge in [0.05, 0.1) is 0 Å². The van der Waals surface area contributed by atoms with Crippen molar-refractivity contribution in [1.82, 2.24) is 0 Å². The molecule has 0 atom stereocenters. The van der Waals surface area contributed by atoms with Crippen molar-refractivity contribution in [3.8, 4) is 0 Å². The number of benzene rings is 3. The van der Waals surface area contributed by atoms with Crippen LogP contribution in [0.2, 0.25) is 0 Å². The summed E-state index contributed by atoms with van der Waals surface area (Å²) in [5.74, 6) is 0. The average molecular weight is 371 g/mol. The smallest absolute Gasteiger partial charge is 0.0143 e. The van der Waals surface area contributed by atoms with Crippen molar-refractivity contribution >= 4 is 21.5 Å². The van der Waals surface area contributed by atoms with Crippen LogP contribution in [0, 0.1) is 0 Å². The van der Waals surface area contributed by atoms with Gasteiger partial charge in [0.25, 0.3) is 0 Å². The van der Waals surface area contributed by atoms with Crippen LogP contribution in [0.15, 0.2) is 73.8 Å². The van der Waals surface area contributed by atoms with E-state index in [2.05, 4.69) is 61.7 Å². The third-order valence-electron chi connectivity index (χ3n) is 5.80. The second-order valence-electron chi connectivity index (χ2n) is 7.86. The zero-order valence-electron chi connectivity index (χ0n) is 17.3. The molecule has 0 fully saturated rings. The minimum atomic E-state index is 1.13. The van der Waals surface area contributed by atoms with Crippen LogP contribution in [-0.2, 0) is 12.8 Å². The largest absolute Gasteiger partial charge is 0.103 e. The summed E-state index contributed by atoms with van der Waals surface area (Å²) in [7, 11) is 0. The predicted octanol–water partition coefficient (Wildman–Crippen LogP) is 8.57. The van der Waals surface area contributed by atoms with E-state index in [1.807, 2.05) is 12.2 Å². The maximum Gasteiger partial charge on any atom is -0.0143 e. The summed E-state index contributed by atoms with van der Waals surface area (Å²) in [6.07, 6.45) is 16.3. The van der Waals surface area contributed by atoms with Crippen molar-refractivity contribution in [1.29, 1.82) is 0 Å². The molecule has 0 bridgehead atoms. The van der Waals surface area contributed by atoms with Gasteiger partial charge in [0.1, 0.15) is 0 Å². The van der Waals surface area contributed by atoms with E-state index in [9.17, 15) is 0 Å². The highest BCUT2D eigenvalue weighted by atomic mass is 14.1. The Morgan fingerprint density at radius 3 is 2.04 bits per heavy atom. The molecule has 0 saturated carbocycles. The number of allylic oxidation sites excluding steroid dienone is 2. The van der Waals surface area contributed by atoms with Crippen molar-refractivity contribution in [2.75, 3.05) is 0 Å². The molecule has 3 rings (SSSR count). The fourth-order valence-electron chi connectivity index (χ4n) is 4.28. The molecule has 0 nitrogen and oxygen atoms in total. The number of hydrogen-bond donors (Lipinski definition) is 0. The van der Waals surface area contributed by atoms with Crippen molar-refractivity contribution in [2.45, 2.75) is 64.2 Å². The molecule has 0 heteroatoms. The minimum Gasteiger partial charge on any atom is -0.103 e. The Morgan fingerprint density at radius 2 is 1.29 bits per heavy atom. The van der Waals surface area contributed by atoms with Crippen LogP contribution in [0.4, 0.5) is 0 Å². The van der Waals surface area contributed by atoms with E-state index < -0.39 is 0 Å². The Balaban J connectivity index is 1.88. The molecule has 0 radical (unpaired) electrons. The van der Waals surface area contributed by atoms with E-state index in [0.717, 1.165) is 19.3 Å². The maximum absolute atomic E-state index is 3.84. The molecule has 3 aromatic rings. The lowest BCUT2D eigenvalue weighted by atomic mass is 9.90. The normalized spacial score (nSPS) is 11.1. The first-order chi connectivity index (χ1) is 13.8. The van der Waals surface area contributed by atoms with E-state index in [-0.39, 0.29) is 0 Å². The summed E-state index contributed by atoms with van der Waals surface area (Å²) in [4.78, 5) is 0. The molecule has 0 aliphatic heterocycles. The second kappa shape index (κ2) is 10.9. The third-order valence-corrected chi connectivity index (χ3v) is 5.80. The number of unbranched alkanes of at least 4 members (excludes halogenated alkanes) is 6. The van der Waals surface area contributed by atoms with Gasteiger partial charge in [-0.25, -0.2) is 0 Å². The van der Waals surface area contributed by atoms with E-state index in [1.54, 1.807) is 5.56 Å². The zero-order valence-corrected chi connectivity index (χ0v) is 17.3. The molecule has 0 heterocycles. The van der Waals surface area contributed by atoms with Gasteiger partial charge < -0.3 is 0 Å². The Kier molecular flexibility index (Phi) is 7.91. The first-order valence-electron chi connectivity index (χ1n) is 11.0. The summed E-state index contributed by atoms with van der Waals surface area (Å²) >= 11 is 0. The minimum absolute atomic E-state index is 1.13. The first-order valence-corrected chi connectivity index (χ1v) is 11.0. The van der Waals surface area contributed by atoms with Crippen LogP contribution in [0.5, 0.6) is 0 Å². The topological polar surface area (TPSA) is 0 Å².